The van der Waals surface area contributed by atoms with Gasteiger partial charge < -0.3 is 10.2 Å². The lowest BCUT2D eigenvalue weighted by atomic mass is 9.85. The second-order valence-corrected chi connectivity index (χ2v) is 6.98. The number of nitrogens with one attached hydrogen (secondary N) is 1. The Labute approximate surface area is 116 Å². The maximum atomic E-state index is 12.2. The van der Waals surface area contributed by atoms with Gasteiger partial charge in [0.25, 0.3) is 0 Å². The first-order valence-electron chi connectivity index (χ1n) is 6.86. The van der Waals surface area contributed by atoms with Crippen molar-refractivity contribution in [3.63, 3.8) is 0 Å². The number of nitrogens with zero attached hydrogens (tertiary/aromatic N) is 1. The van der Waals surface area contributed by atoms with Gasteiger partial charge in [-0.25, -0.2) is 0 Å². The molecule has 0 radical (unpaired) electrons. The van der Waals surface area contributed by atoms with Gasteiger partial charge in [-0.05, 0) is 30.9 Å². The second kappa shape index (κ2) is 4.64. The van der Waals surface area contributed by atoms with Gasteiger partial charge in [0, 0.05) is 17.8 Å². The second-order valence-electron chi connectivity index (χ2n) is 6.98. The van der Waals surface area contributed by atoms with Crippen LogP contribution in [-0.2, 0) is 10.2 Å². The molecule has 3 heteroatoms. The van der Waals surface area contributed by atoms with Crippen LogP contribution in [0, 0.1) is 0 Å². The molecule has 0 saturated carbocycles. The van der Waals surface area contributed by atoms with Crippen LogP contribution in [0.2, 0.25) is 0 Å². The molecule has 1 aromatic carbocycles. The first kappa shape index (κ1) is 14.1. The zero-order valence-electron chi connectivity index (χ0n) is 12.6. The number of anilines is 1. The van der Waals surface area contributed by atoms with Gasteiger partial charge in [-0.2, -0.15) is 0 Å². The van der Waals surface area contributed by atoms with Crippen molar-refractivity contribution in [1.29, 1.82) is 0 Å². The van der Waals surface area contributed by atoms with Crippen LogP contribution in [0.3, 0.4) is 0 Å². The van der Waals surface area contributed by atoms with Crippen molar-refractivity contribution in [3.8, 4) is 0 Å². The number of hydrogen-bond acceptors (Lipinski definition) is 2. The Morgan fingerprint density at radius 2 is 1.84 bits per heavy atom. The van der Waals surface area contributed by atoms with Crippen molar-refractivity contribution >= 4 is 11.6 Å². The van der Waals surface area contributed by atoms with Crippen LogP contribution in [0.25, 0.3) is 0 Å². The summed E-state index contributed by atoms with van der Waals surface area (Å²) in [6.45, 7) is 11.9. The minimum Gasteiger partial charge on any atom is -0.309 e. The van der Waals surface area contributed by atoms with Crippen LogP contribution < -0.4 is 10.2 Å². The van der Waals surface area contributed by atoms with Gasteiger partial charge in [0.1, 0.15) is 0 Å². The molecule has 1 aromatic rings. The lowest BCUT2D eigenvalue weighted by molar-refractivity contribution is -0.119. The van der Waals surface area contributed by atoms with Crippen molar-refractivity contribution < 1.29 is 4.79 Å². The van der Waals surface area contributed by atoms with E-state index in [1.54, 1.807) is 0 Å². The third-order valence-electron chi connectivity index (χ3n) is 3.58. The molecule has 1 saturated heterocycles. The summed E-state index contributed by atoms with van der Waals surface area (Å²) in [7, 11) is 0. The highest BCUT2D eigenvalue weighted by Gasteiger charge is 2.33. The average Bonchev–Trinajstić information content (AvgIpc) is 2.31. The summed E-state index contributed by atoms with van der Waals surface area (Å²) < 4.78 is 0. The molecule has 1 aliphatic heterocycles. The fourth-order valence-electron chi connectivity index (χ4n) is 2.51. The first-order chi connectivity index (χ1) is 8.71. The molecular formula is C16H24N2O. The van der Waals surface area contributed by atoms with Crippen molar-refractivity contribution in [1.82, 2.24) is 5.32 Å². The minimum absolute atomic E-state index is 0.0336. The number of carbonyl (C=O) groups excluding carboxylic acids is 1. The van der Waals surface area contributed by atoms with E-state index in [0.717, 1.165) is 5.69 Å². The van der Waals surface area contributed by atoms with E-state index in [4.69, 9.17) is 0 Å². The van der Waals surface area contributed by atoms with Crippen molar-refractivity contribution in [2.75, 3.05) is 18.0 Å². The summed E-state index contributed by atoms with van der Waals surface area (Å²) in [6, 6.07) is 8.23. The number of carbonyl (C=O) groups is 1. The molecule has 3 nitrogen and oxygen atoms in total. The molecule has 2 rings (SSSR count). The summed E-state index contributed by atoms with van der Waals surface area (Å²) in [4.78, 5) is 14.2. The highest BCUT2D eigenvalue weighted by Crippen LogP contribution is 2.33. The highest BCUT2D eigenvalue weighted by molar-refractivity contribution is 5.96. The monoisotopic (exact) mass is 260 g/mol. The maximum absolute atomic E-state index is 12.2. The van der Waals surface area contributed by atoms with Gasteiger partial charge in [0.15, 0.2) is 0 Å². The van der Waals surface area contributed by atoms with E-state index < -0.39 is 0 Å². The predicted molar refractivity (Wildman–Crippen MR) is 79.6 cm³/mol. The van der Waals surface area contributed by atoms with Gasteiger partial charge in [-0.15, -0.1) is 0 Å². The molecule has 1 aliphatic rings. The van der Waals surface area contributed by atoms with E-state index in [9.17, 15) is 4.79 Å². The molecule has 1 fully saturated rings. The largest absolute Gasteiger partial charge is 0.309 e. The third-order valence-corrected chi connectivity index (χ3v) is 3.58. The SMILES string of the molecule is CC1(C)CN(c2ccccc2C(C)(C)C)C(=O)CN1. The summed E-state index contributed by atoms with van der Waals surface area (Å²) >= 11 is 0. The first-order valence-corrected chi connectivity index (χ1v) is 6.86. The smallest absolute Gasteiger partial charge is 0.241 e. The molecule has 0 atom stereocenters. The van der Waals surface area contributed by atoms with Crippen LogP contribution in [0.1, 0.15) is 40.2 Å². The predicted octanol–water partition coefficient (Wildman–Crippen LogP) is 2.70. The Hall–Kier alpha value is -1.35. The van der Waals surface area contributed by atoms with E-state index in [2.05, 4.69) is 52.1 Å². The van der Waals surface area contributed by atoms with Gasteiger partial charge >= 0.3 is 0 Å². The number of hydrogen-bond donors (Lipinski definition) is 1. The van der Waals surface area contributed by atoms with Crippen molar-refractivity contribution in [2.24, 2.45) is 0 Å². The lowest BCUT2D eigenvalue weighted by Crippen LogP contribution is -2.60. The van der Waals surface area contributed by atoms with Gasteiger partial charge in [-0.3, -0.25) is 4.79 Å². The van der Waals surface area contributed by atoms with Crippen molar-refractivity contribution in [3.05, 3.63) is 29.8 Å². The van der Waals surface area contributed by atoms with Gasteiger partial charge in [0.05, 0.1) is 6.54 Å². The fourth-order valence-corrected chi connectivity index (χ4v) is 2.51. The number of amides is 1. The topological polar surface area (TPSA) is 32.3 Å². The highest BCUT2D eigenvalue weighted by atomic mass is 16.2. The molecule has 104 valence electrons. The van der Waals surface area contributed by atoms with Gasteiger partial charge in [0.2, 0.25) is 5.91 Å². The summed E-state index contributed by atoms with van der Waals surface area (Å²) in [6.07, 6.45) is 0. The van der Waals surface area contributed by atoms with Crippen LogP contribution in [0.4, 0.5) is 5.69 Å². The molecule has 0 aliphatic carbocycles. The average molecular weight is 260 g/mol. The zero-order valence-corrected chi connectivity index (χ0v) is 12.6. The van der Waals surface area contributed by atoms with E-state index in [1.807, 2.05) is 17.0 Å². The number of rotatable bonds is 1. The van der Waals surface area contributed by atoms with E-state index >= 15 is 0 Å². The molecular weight excluding hydrogens is 236 g/mol. The Kier molecular flexibility index (Phi) is 3.43. The molecule has 0 unspecified atom stereocenters. The van der Waals surface area contributed by atoms with Crippen LogP contribution in [0.15, 0.2) is 24.3 Å². The quantitative estimate of drug-likeness (QED) is 0.842. The number of benzene rings is 1. The standard InChI is InChI=1S/C16H24N2O/c1-15(2,3)12-8-6-7-9-13(12)18-11-16(4,5)17-10-14(18)19/h6-9,17H,10-11H2,1-5H3. The summed E-state index contributed by atoms with van der Waals surface area (Å²) in [5.74, 6) is 0.149. The molecule has 0 bridgehead atoms. The number of piperazine rings is 1. The maximum Gasteiger partial charge on any atom is 0.241 e. The van der Waals surface area contributed by atoms with Crippen LogP contribution in [0.5, 0.6) is 0 Å². The van der Waals surface area contributed by atoms with E-state index in [0.29, 0.717) is 13.1 Å². The van der Waals surface area contributed by atoms with Crippen LogP contribution in [-0.4, -0.2) is 24.5 Å². The summed E-state index contributed by atoms with van der Waals surface area (Å²) in [5, 5.41) is 3.27. The van der Waals surface area contributed by atoms with Crippen molar-refractivity contribution in [2.45, 2.75) is 45.6 Å². The van der Waals surface area contributed by atoms with E-state index in [-0.39, 0.29) is 16.9 Å². The molecule has 0 spiro atoms. The lowest BCUT2D eigenvalue weighted by Gasteiger charge is -2.40. The minimum atomic E-state index is -0.0428. The Balaban J connectivity index is 2.43. The number of para-hydroxylation sites is 1. The Morgan fingerprint density at radius 3 is 2.47 bits per heavy atom. The van der Waals surface area contributed by atoms with E-state index in [1.165, 1.54) is 5.56 Å². The molecule has 1 heterocycles. The zero-order chi connectivity index (χ0) is 14.3. The molecule has 1 N–H and O–H groups in total. The normalized spacial score (nSPS) is 19.6. The van der Waals surface area contributed by atoms with Crippen LogP contribution >= 0.6 is 0 Å². The Bertz CT molecular complexity index is 486. The van der Waals surface area contributed by atoms with Gasteiger partial charge in [-0.1, -0.05) is 39.0 Å². The fraction of sp³-hybridized carbons (Fsp3) is 0.562. The molecule has 19 heavy (non-hydrogen) atoms. The molecule has 1 amide bonds. The third kappa shape index (κ3) is 2.98. The summed E-state index contributed by atoms with van der Waals surface area (Å²) in [5.41, 5.74) is 2.26. The Morgan fingerprint density at radius 1 is 1.21 bits per heavy atom. The molecule has 0 aromatic heterocycles.